The highest BCUT2D eigenvalue weighted by Crippen LogP contribution is 2.23. The minimum Gasteiger partial charge on any atom is -0.302 e. The van der Waals surface area contributed by atoms with Crippen molar-refractivity contribution in [3.8, 4) is 0 Å². The van der Waals surface area contributed by atoms with Crippen LogP contribution in [0.15, 0.2) is 41.4 Å². The number of para-hydroxylation sites is 1. The van der Waals surface area contributed by atoms with Crippen molar-refractivity contribution in [3.63, 3.8) is 0 Å². The van der Waals surface area contributed by atoms with Crippen LogP contribution in [0.1, 0.15) is 17.0 Å². The highest BCUT2D eigenvalue weighted by Gasteiger charge is 2.08. The number of anilines is 1. The highest BCUT2D eigenvalue weighted by molar-refractivity contribution is 7.99. The summed E-state index contributed by atoms with van der Waals surface area (Å²) >= 11 is 3.11. The topological polar surface area (TPSA) is 54.9 Å². The second-order valence-electron chi connectivity index (χ2n) is 5.15. The number of carbonyl (C=O) groups excluding carboxylic acids is 1. The van der Waals surface area contributed by atoms with Gasteiger partial charge in [0.05, 0.1) is 16.2 Å². The summed E-state index contributed by atoms with van der Waals surface area (Å²) in [4.78, 5) is 22.0. The van der Waals surface area contributed by atoms with E-state index in [4.69, 9.17) is 0 Å². The molecule has 2 aromatic heterocycles. The van der Waals surface area contributed by atoms with Crippen molar-refractivity contribution >= 4 is 45.0 Å². The third kappa shape index (κ3) is 4.09. The minimum atomic E-state index is -0.00737. The third-order valence-corrected chi connectivity index (χ3v) is 5.35. The van der Waals surface area contributed by atoms with Gasteiger partial charge in [0.25, 0.3) is 0 Å². The lowest BCUT2D eigenvalue weighted by atomic mass is 10.2. The SMILES string of the molecule is Cc1nc(NC(=O)CCSc2ccc3ccccc3n2)sc1C. The van der Waals surface area contributed by atoms with Gasteiger partial charge in [0.2, 0.25) is 5.91 Å². The van der Waals surface area contributed by atoms with E-state index in [1.165, 1.54) is 11.3 Å². The molecule has 2 heterocycles. The largest absolute Gasteiger partial charge is 0.302 e. The molecule has 0 saturated heterocycles. The molecule has 0 saturated carbocycles. The highest BCUT2D eigenvalue weighted by atomic mass is 32.2. The zero-order valence-corrected chi connectivity index (χ0v) is 14.6. The molecule has 0 fully saturated rings. The van der Waals surface area contributed by atoms with Crippen molar-refractivity contribution < 1.29 is 4.79 Å². The maximum Gasteiger partial charge on any atom is 0.226 e. The van der Waals surface area contributed by atoms with Crippen LogP contribution in [0.4, 0.5) is 5.13 Å². The van der Waals surface area contributed by atoms with Crippen LogP contribution < -0.4 is 5.32 Å². The van der Waals surface area contributed by atoms with Crippen molar-refractivity contribution in [2.45, 2.75) is 25.3 Å². The molecule has 6 heteroatoms. The zero-order chi connectivity index (χ0) is 16.2. The normalized spacial score (nSPS) is 10.9. The summed E-state index contributed by atoms with van der Waals surface area (Å²) in [6, 6.07) is 12.1. The number of aromatic nitrogens is 2. The zero-order valence-electron chi connectivity index (χ0n) is 13.0. The van der Waals surface area contributed by atoms with Crippen molar-refractivity contribution in [1.29, 1.82) is 0 Å². The van der Waals surface area contributed by atoms with E-state index in [-0.39, 0.29) is 5.91 Å². The molecule has 3 rings (SSSR count). The molecule has 1 N–H and O–H groups in total. The number of nitrogens with zero attached hydrogens (tertiary/aromatic N) is 2. The number of rotatable bonds is 5. The van der Waals surface area contributed by atoms with Crippen LogP contribution in [-0.4, -0.2) is 21.6 Å². The molecule has 118 valence electrons. The fourth-order valence-corrected chi connectivity index (χ4v) is 3.74. The van der Waals surface area contributed by atoms with E-state index in [9.17, 15) is 4.79 Å². The number of aryl methyl sites for hydroxylation is 2. The maximum absolute atomic E-state index is 12.0. The molecular weight excluding hydrogens is 326 g/mol. The Bertz CT molecular complexity index is 825. The molecule has 1 aromatic carbocycles. The van der Waals surface area contributed by atoms with E-state index in [0.29, 0.717) is 17.3 Å². The Morgan fingerprint density at radius 2 is 2.00 bits per heavy atom. The first-order valence-corrected chi connectivity index (χ1v) is 9.14. The van der Waals surface area contributed by atoms with E-state index in [2.05, 4.69) is 21.4 Å². The molecular formula is C17H17N3OS2. The van der Waals surface area contributed by atoms with Crippen molar-refractivity contribution in [2.75, 3.05) is 11.1 Å². The Morgan fingerprint density at radius 1 is 1.17 bits per heavy atom. The van der Waals surface area contributed by atoms with Crippen LogP contribution in [0.5, 0.6) is 0 Å². The molecule has 0 atom stereocenters. The molecule has 0 unspecified atom stereocenters. The van der Waals surface area contributed by atoms with Crippen molar-refractivity contribution in [3.05, 3.63) is 47.0 Å². The number of amides is 1. The fraction of sp³-hybridized carbons (Fsp3) is 0.235. The first kappa shape index (κ1) is 16.0. The van der Waals surface area contributed by atoms with E-state index in [0.717, 1.165) is 26.5 Å². The van der Waals surface area contributed by atoms with Gasteiger partial charge in [0.15, 0.2) is 5.13 Å². The molecule has 0 bridgehead atoms. The van der Waals surface area contributed by atoms with Gasteiger partial charge in [-0.1, -0.05) is 24.3 Å². The number of hydrogen-bond donors (Lipinski definition) is 1. The van der Waals surface area contributed by atoms with Gasteiger partial charge < -0.3 is 5.32 Å². The van der Waals surface area contributed by atoms with E-state index < -0.39 is 0 Å². The Balaban J connectivity index is 1.52. The lowest BCUT2D eigenvalue weighted by molar-refractivity contribution is -0.115. The van der Waals surface area contributed by atoms with Gasteiger partial charge in [0, 0.05) is 22.4 Å². The fourth-order valence-electron chi connectivity index (χ4n) is 2.08. The first-order chi connectivity index (χ1) is 11.1. The van der Waals surface area contributed by atoms with Gasteiger partial charge in [-0.15, -0.1) is 23.1 Å². The lowest BCUT2D eigenvalue weighted by Gasteiger charge is -2.03. The number of pyridine rings is 1. The molecule has 0 radical (unpaired) electrons. The Hall–Kier alpha value is -1.92. The summed E-state index contributed by atoms with van der Waals surface area (Å²) < 4.78 is 0. The van der Waals surface area contributed by atoms with Crippen LogP contribution in [0.3, 0.4) is 0 Å². The van der Waals surface area contributed by atoms with E-state index >= 15 is 0 Å². The number of benzene rings is 1. The van der Waals surface area contributed by atoms with Gasteiger partial charge in [-0.25, -0.2) is 9.97 Å². The average molecular weight is 343 g/mol. The molecule has 0 aliphatic carbocycles. The van der Waals surface area contributed by atoms with E-state index in [1.807, 2.05) is 44.2 Å². The predicted molar refractivity (Wildman–Crippen MR) is 97.3 cm³/mol. The summed E-state index contributed by atoms with van der Waals surface area (Å²) in [5.41, 5.74) is 1.95. The maximum atomic E-state index is 12.0. The minimum absolute atomic E-state index is 0.00737. The number of nitrogens with one attached hydrogen (secondary N) is 1. The van der Waals surface area contributed by atoms with Gasteiger partial charge in [-0.3, -0.25) is 4.79 Å². The van der Waals surface area contributed by atoms with Gasteiger partial charge in [0.1, 0.15) is 0 Å². The Labute approximate surface area is 143 Å². The summed E-state index contributed by atoms with van der Waals surface area (Å²) in [7, 11) is 0. The summed E-state index contributed by atoms with van der Waals surface area (Å²) in [5, 5.41) is 5.60. The quantitative estimate of drug-likeness (QED) is 0.696. The van der Waals surface area contributed by atoms with Crippen molar-refractivity contribution in [2.24, 2.45) is 0 Å². The van der Waals surface area contributed by atoms with E-state index in [1.54, 1.807) is 11.8 Å². The second kappa shape index (κ2) is 7.10. The molecule has 0 spiro atoms. The summed E-state index contributed by atoms with van der Waals surface area (Å²) in [5.74, 6) is 0.688. The molecule has 4 nitrogen and oxygen atoms in total. The smallest absolute Gasteiger partial charge is 0.226 e. The molecule has 3 aromatic rings. The standard InChI is InChI=1S/C17H17N3OS2/c1-11-12(2)23-17(18-11)20-15(21)9-10-22-16-8-7-13-5-3-4-6-14(13)19-16/h3-8H,9-10H2,1-2H3,(H,18,20,21). The monoisotopic (exact) mass is 343 g/mol. The van der Waals surface area contributed by atoms with Crippen LogP contribution in [-0.2, 0) is 4.79 Å². The molecule has 0 aliphatic rings. The summed E-state index contributed by atoms with van der Waals surface area (Å²) in [6.07, 6.45) is 0.441. The lowest BCUT2D eigenvalue weighted by Crippen LogP contribution is -2.11. The van der Waals surface area contributed by atoms with Gasteiger partial charge >= 0.3 is 0 Å². The number of thioether (sulfide) groups is 1. The van der Waals surface area contributed by atoms with Crippen LogP contribution in [0.2, 0.25) is 0 Å². The number of fused-ring (bicyclic) bond motifs is 1. The first-order valence-electron chi connectivity index (χ1n) is 7.34. The predicted octanol–water partition coefficient (Wildman–Crippen LogP) is 4.43. The molecule has 1 amide bonds. The Morgan fingerprint density at radius 3 is 2.78 bits per heavy atom. The number of hydrogen-bond acceptors (Lipinski definition) is 5. The molecule has 0 aliphatic heterocycles. The number of thiazole rings is 1. The van der Waals surface area contributed by atoms with Crippen LogP contribution in [0.25, 0.3) is 10.9 Å². The number of carbonyl (C=O) groups is 1. The third-order valence-electron chi connectivity index (χ3n) is 3.43. The van der Waals surface area contributed by atoms with Gasteiger partial charge in [-0.05, 0) is 26.0 Å². The second-order valence-corrected chi connectivity index (χ2v) is 7.47. The average Bonchev–Trinajstić information content (AvgIpc) is 2.85. The Kier molecular flexibility index (Phi) is 4.93. The summed E-state index contributed by atoms with van der Waals surface area (Å²) in [6.45, 7) is 3.95. The van der Waals surface area contributed by atoms with Crippen molar-refractivity contribution in [1.82, 2.24) is 9.97 Å². The van der Waals surface area contributed by atoms with Crippen LogP contribution in [0, 0.1) is 13.8 Å². The molecule has 23 heavy (non-hydrogen) atoms. The van der Waals surface area contributed by atoms with Crippen LogP contribution >= 0.6 is 23.1 Å². The van der Waals surface area contributed by atoms with Gasteiger partial charge in [-0.2, -0.15) is 0 Å².